The molecule has 10 rings (SSSR count). The maximum atomic E-state index is 5.48. The van der Waals surface area contributed by atoms with Crippen molar-refractivity contribution in [3.05, 3.63) is 185 Å². The van der Waals surface area contributed by atoms with Gasteiger partial charge in [-0.1, -0.05) is 179 Å². The lowest BCUT2D eigenvalue weighted by Gasteiger charge is -2.26. The van der Waals surface area contributed by atoms with E-state index in [1.807, 2.05) is 36.4 Å². The van der Waals surface area contributed by atoms with Crippen LogP contribution < -0.4 is 0 Å². The van der Waals surface area contributed by atoms with Gasteiger partial charge in [-0.2, -0.15) is 0 Å². The van der Waals surface area contributed by atoms with Gasteiger partial charge in [-0.3, -0.25) is 0 Å². The van der Waals surface area contributed by atoms with Crippen LogP contribution in [-0.2, 0) is 21.7 Å². The fourth-order valence-electron chi connectivity index (χ4n) is 9.50. The number of hydrogen-bond acceptors (Lipinski definition) is 6. The van der Waals surface area contributed by atoms with E-state index in [0.29, 0.717) is 34.9 Å². The van der Waals surface area contributed by atoms with Gasteiger partial charge in [0, 0.05) is 44.2 Å². The summed E-state index contributed by atoms with van der Waals surface area (Å²) >= 11 is 0. The average Bonchev–Trinajstić information content (AvgIpc) is 3.67. The number of rotatable bonds is 7. The SMILES string of the molecule is Cc1ccc2c(c1)c1cc(C)ccc1n2-c1ccc(-c2nc(-c3cc(C(C)(C)C)cc(C(C)(C)C)c3)nc(-c3cc(C(C)(C)C)cc(C(C)(C)C)c3)n2)cc1-c1nc(-c2ccccc2)nc(-c2ccccc2)n1. The second-order valence-corrected chi connectivity index (χ2v) is 24.1. The molecule has 7 aromatic carbocycles. The first-order chi connectivity index (χ1) is 34.5. The second-order valence-electron chi connectivity index (χ2n) is 24.1. The Labute approximate surface area is 432 Å². The van der Waals surface area contributed by atoms with Crippen LogP contribution >= 0.6 is 0 Å². The fraction of sp³-hybridized carbons (Fsp3) is 0.273. The van der Waals surface area contributed by atoms with Gasteiger partial charge in [0.1, 0.15) is 0 Å². The lowest BCUT2D eigenvalue weighted by Crippen LogP contribution is -2.17. The summed E-state index contributed by atoms with van der Waals surface area (Å²) < 4.78 is 2.36. The van der Waals surface area contributed by atoms with Crippen LogP contribution in [-0.4, -0.2) is 34.5 Å². The normalized spacial score (nSPS) is 12.5. The van der Waals surface area contributed by atoms with E-state index in [1.54, 1.807) is 0 Å². The Kier molecular flexibility index (Phi) is 12.2. The molecule has 0 unspecified atom stereocenters. The first kappa shape index (κ1) is 49.0. The monoisotopic (exact) mass is 958 g/mol. The third-order valence-electron chi connectivity index (χ3n) is 14.0. The molecule has 0 amide bonds. The van der Waals surface area contributed by atoms with E-state index < -0.39 is 0 Å². The Bertz CT molecular complexity index is 3450. The van der Waals surface area contributed by atoms with E-state index >= 15 is 0 Å². The molecule has 0 aliphatic rings. The zero-order valence-corrected chi connectivity index (χ0v) is 45.1. The highest BCUT2D eigenvalue weighted by molar-refractivity contribution is 6.10. The van der Waals surface area contributed by atoms with E-state index in [1.165, 1.54) is 44.2 Å². The van der Waals surface area contributed by atoms with Crippen LogP contribution in [0.15, 0.2) is 152 Å². The molecule has 0 saturated carbocycles. The topological polar surface area (TPSA) is 82.3 Å². The molecule has 0 N–H and O–H groups in total. The molecule has 3 aromatic heterocycles. The summed E-state index contributed by atoms with van der Waals surface area (Å²) in [5.74, 6) is 3.49. The van der Waals surface area contributed by atoms with Crippen LogP contribution in [0.1, 0.15) is 116 Å². The predicted octanol–water partition coefficient (Wildman–Crippen LogP) is 17.0. The zero-order valence-electron chi connectivity index (χ0n) is 45.1. The summed E-state index contributed by atoms with van der Waals surface area (Å²) in [6.07, 6.45) is 0. The molecule has 0 saturated heterocycles. The number of aryl methyl sites for hydroxylation is 2. The third kappa shape index (κ3) is 9.86. The Morgan fingerprint density at radius 1 is 0.301 bits per heavy atom. The molecule has 10 aromatic rings. The summed E-state index contributed by atoms with van der Waals surface area (Å²) in [5, 5.41) is 2.37. The predicted molar refractivity (Wildman–Crippen MR) is 304 cm³/mol. The number of benzene rings is 7. The first-order valence-electron chi connectivity index (χ1n) is 25.6. The van der Waals surface area contributed by atoms with Crippen molar-refractivity contribution >= 4 is 21.8 Å². The maximum Gasteiger partial charge on any atom is 0.166 e. The molecule has 7 heteroatoms. The van der Waals surface area contributed by atoms with Crippen molar-refractivity contribution in [3.8, 4) is 74.0 Å². The zero-order chi connectivity index (χ0) is 51.8. The van der Waals surface area contributed by atoms with Crippen molar-refractivity contribution < 1.29 is 0 Å². The molecule has 0 spiro atoms. The molecule has 0 atom stereocenters. The quantitative estimate of drug-likeness (QED) is 0.158. The number of aromatic nitrogens is 7. The maximum absolute atomic E-state index is 5.48. The number of fused-ring (bicyclic) bond motifs is 3. The minimum atomic E-state index is -0.117. The van der Waals surface area contributed by atoms with E-state index in [9.17, 15) is 0 Å². The van der Waals surface area contributed by atoms with Crippen molar-refractivity contribution in [2.75, 3.05) is 0 Å². The van der Waals surface area contributed by atoms with Crippen LogP contribution in [0.3, 0.4) is 0 Å². The van der Waals surface area contributed by atoms with Crippen molar-refractivity contribution in [1.29, 1.82) is 0 Å². The van der Waals surface area contributed by atoms with Crippen molar-refractivity contribution in [1.82, 2.24) is 34.5 Å². The summed E-state index contributed by atoms with van der Waals surface area (Å²) in [5.41, 5.74) is 15.3. The van der Waals surface area contributed by atoms with Gasteiger partial charge in [0.05, 0.1) is 16.7 Å². The molecule has 3 heterocycles. The first-order valence-corrected chi connectivity index (χ1v) is 25.6. The third-order valence-corrected chi connectivity index (χ3v) is 14.0. The largest absolute Gasteiger partial charge is 0.309 e. The number of nitrogens with zero attached hydrogens (tertiary/aromatic N) is 7. The molecule has 0 fully saturated rings. The molecule has 366 valence electrons. The highest BCUT2D eigenvalue weighted by Gasteiger charge is 2.27. The minimum Gasteiger partial charge on any atom is -0.309 e. The summed E-state index contributed by atoms with van der Waals surface area (Å²) in [6.45, 7) is 31.5. The van der Waals surface area contributed by atoms with Crippen LogP contribution in [0.25, 0.3) is 95.8 Å². The second kappa shape index (κ2) is 18.1. The molecular formula is C66H67N7. The minimum absolute atomic E-state index is 0.117. The van der Waals surface area contributed by atoms with Gasteiger partial charge in [-0.25, -0.2) is 29.9 Å². The van der Waals surface area contributed by atoms with Gasteiger partial charge in [-0.15, -0.1) is 0 Å². The van der Waals surface area contributed by atoms with Crippen molar-refractivity contribution in [3.63, 3.8) is 0 Å². The molecule has 0 bridgehead atoms. The highest BCUT2D eigenvalue weighted by atomic mass is 15.1. The lowest BCUT2D eigenvalue weighted by molar-refractivity contribution is 0.568. The van der Waals surface area contributed by atoms with Gasteiger partial charge in [0.15, 0.2) is 34.9 Å². The van der Waals surface area contributed by atoms with Crippen molar-refractivity contribution in [2.45, 2.75) is 119 Å². The summed E-state index contributed by atoms with van der Waals surface area (Å²) in [6, 6.07) is 54.0. The molecular weight excluding hydrogens is 891 g/mol. The molecule has 0 aliphatic heterocycles. The van der Waals surface area contributed by atoms with Gasteiger partial charge >= 0.3 is 0 Å². The molecule has 0 aliphatic carbocycles. The van der Waals surface area contributed by atoms with Crippen molar-refractivity contribution in [2.24, 2.45) is 0 Å². The highest BCUT2D eigenvalue weighted by Crippen LogP contribution is 2.41. The van der Waals surface area contributed by atoms with Gasteiger partial charge in [-0.05, 0) is 124 Å². The lowest BCUT2D eigenvalue weighted by atomic mass is 9.79. The number of hydrogen-bond donors (Lipinski definition) is 0. The van der Waals surface area contributed by atoms with E-state index in [0.717, 1.165) is 50.1 Å². The smallest absolute Gasteiger partial charge is 0.166 e. The van der Waals surface area contributed by atoms with Crippen LogP contribution in [0.2, 0.25) is 0 Å². The summed E-state index contributed by atoms with van der Waals surface area (Å²) in [7, 11) is 0. The van der Waals surface area contributed by atoms with Gasteiger partial charge in [0.2, 0.25) is 0 Å². The average molecular weight is 958 g/mol. The Hall–Kier alpha value is -7.64. The molecule has 0 radical (unpaired) electrons. The Morgan fingerprint density at radius 2 is 0.644 bits per heavy atom. The standard InChI is InChI=1S/C66H67N7/c1-40-25-28-54-51(31-40)52-32-41(2)26-29-55(52)73(54)56-30-27-44(37-53(56)62-71-57(42-21-17-15-18-22-42)67-58(72-62)43-23-19-16-20-24-43)59-68-60(45-33-47(63(3,4)5)38-48(34-45)64(6,7)8)70-61(69-59)46-35-49(65(9,10)11)39-50(36-46)66(12,13)14/h15-39H,1-14H3. The Balaban J connectivity index is 1.31. The molecule has 73 heavy (non-hydrogen) atoms. The van der Waals surface area contributed by atoms with Crippen LogP contribution in [0, 0.1) is 13.8 Å². The summed E-state index contributed by atoms with van der Waals surface area (Å²) in [4.78, 5) is 32.3. The van der Waals surface area contributed by atoms with E-state index in [-0.39, 0.29) is 21.7 Å². The fourth-order valence-corrected chi connectivity index (χ4v) is 9.50. The van der Waals surface area contributed by atoms with Crippen LogP contribution in [0.5, 0.6) is 0 Å². The van der Waals surface area contributed by atoms with E-state index in [4.69, 9.17) is 29.9 Å². The van der Waals surface area contributed by atoms with Gasteiger partial charge in [0.25, 0.3) is 0 Å². The van der Waals surface area contributed by atoms with Gasteiger partial charge < -0.3 is 4.57 Å². The molecule has 7 nitrogen and oxygen atoms in total. The van der Waals surface area contributed by atoms with Crippen LogP contribution in [0.4, 0.5) is 0 Å². The Morgan fingerprint density at radius 3 is 1.01 bits per heavy atom. The van der Waals surface area contributed by atoms with E-state index in [2.05, 4.69) is 217 Å².